The Labute approximate surface area is 103 Å². The highest BCUT2D eigenvalue weighted by Crippen LogP contribution is 2.42. The van der Waals surface area contributed by atoms with E-state index >= 15 is 0 Å². The van der Waals surface area contributed by atoms with Gasteiger partial charge in [0.15, 0.2) is 0 Å². The van der Waals surface area contributed by atoms with Crippen LogP contribution in [0.4, 0.5) is 13.2 Å². The number of hydrogen-bond acceptors (Lipinski definition) is 0. The predicted octanol–water partition coefficient (Wildman–Crippen LogP) is 5.34. The lowest BCUT2D eigenvalue weighted by Gasteiger charge is -2.14. The molecule has 0 aromatic heterocycles. The van der Waals surface area contributed by atoms with Gasteiger partial charge in [0.05, 0.1) is 10.6 Å². The van der Waals surface area contributed by atoms with Crippen LogP contribution in [-0.2, 0) is 12.6 Å². The summed E-state index contributed by atoms with van der Waals surface area (Å²) >= 11 is 14.3. The van der Waals surface area contributed by atoms with E-state index in [-0.39, 0.29) is 14.5 Å². The molecule has 0 spiro atoms. The fraction of sp³-hybridized carbons (Fsp3) is 0.333. The Bertz CT molecular complexity index is 388. The van der Waals surface area contributed by atoms with Gasteiger partial charge in [-0.05, 0) is 34.0 Å². The molecule has 0 N–H and O–H groups in total. The van der Waals surface area contributed by atoms with Gasteiger partial charge in [-0.15, -0.1) is 0 Å². The highest BCUT2D eigenvalue weighted by molar-refractivity contribution is 9.10. The van der Waals surface area contributed by atoms with E-state index in [1.165, 1.54) is 0 Å². The van der Waals surface area contributed by atoms with Crippen LogP contribution in [0.5, 0.6) is 0 Å². The van der Waals surface area contributed by atoms with Crippen molar-refractivity contribution in [1.29, 1.82) is 0 Å². The van der Waals surface area contributed by atoms with Crippen LogP contribution in [0.3, 0.4) is 0 Å². The summed E-state index contributed by atoms with van der Waals surface area (Å²) in [4.78, 5) is 0. The molecule has 0 unspecified atom stereocenters. The molecule has 1 aromatic carbocycles. The van der Waals surface area contributed by atoms with Gasteiger partial charge in [0.25, 0.3) is 0 Å². The van der Waals surface area contributed by atoms with Crippen molar-refractivity contribution in [2.45, 2.75) is 19.5 Å². The highest BCUT2D eigenvalue weighted by atomic mass is 79.9. The zero-order valence-corrected chi connectivity index (χ0v) is 10.7. The molecule has 6 heteroatoms. The first-order valence-electron chi connectivity index (χ1n) is 4.02. The third kappa shape index (κ3) is 2.60. The average Bonchev–Trinajstić information content (AvgIpc) is 2.10. The molecule has 0 fully saturated rings. The minimum absolute atomic E-state index is 0.0253. The van der Waals surface area contributed by atoms with Crippen LogP contribution in [0, 0.1) is 0 Å². The first kappa shape index (κ1) is 13.1. The molecule has 0 radical (unpaired) electrons. The summed E-state index contributed by atoms with van der Waals surface area (Å²) in [6.07, 6.45) is -3.98. The Kier molecular flexibility index (Phi) is 3.95. The maximum Gasteiger partial charge on any atom is 0.417 e. The van der Waals surface area contributed by atoms with Crippen molar-refractivity contribution in [3.8, 4) is 0 Å². The third-order valence-corrected chi connectivity index (χ3v) is 3.72. The van der Waals surface area contributed by atoms with E-state index in [0.717, 1.165) is 6.07 Å². The summed E-state index contributed by atoms with van der Waals surface area (Å²) in [6, 6.07) is 0.885. The minimum Gasteiger partial charge on any atom is -0.166 e. The molecule has 0 aliphatic heterocycles. The van der Waals surface area contributed by atoms with Crippen molar-refractivity contribution in [3.63, 3.8) is 0 Å². The van der Waals surface area contributed by atoms with E-state index < -0.39 is 11.7 Å². The van der Waals surface area contributed by atoms with Gasteiger partial charge in [0, 0.05) is 9.50 Å². The van der Waals surface area contributed by atoms with Crippen molar-refractivity contribution < 1.29 is 13.2 Å². The molecule has 0 bridgehead atoms. The molecule has 0 aliphatic rings. The summed E-state index contributed by atoms with van der Waals surface area (Å²) in [5.41, 5.74) is -0.340. The maximum atomic E-state index is 12.5. The topological polar surface area (TPSA) is 0 Å². The molecule has 0 aliphatic carbocycles. The first-order chi connectivity index (χ1) is 6.79. The number of benzene rings is 1. The number of alkyl halides is 3. The van der Waals surface area contributed by atoms with Gasteiger partial charge in [0.2, 0.25) is 0 Å². The molecule has 0 saturated carbocycles. The lowest BCUT2D eigenvalue weighted by molar-refractivity contribution is -0.138. The largest absolute Gasteiger partial charge is 0.417 e. The Morgan fingerprint density at radius 2 is 1.87 bits per heavy atom. The Morgan fingerprint density at radius 1 is 1.33 bits per heavy atom. The Hall–Kier alpha value is 0.0700. The molecule has 0 saturated heterocycles. The summed E-state index contributed by atoms with van der Waals surface area (Å²) in [5.74, 6) is 0. The van der Waals surface area contributed by atoms with Crippen LogP contribution < -0.4 is 0 Å². The standard InChI is InChI=1S/C9H6BrCl2F3/c1-2-4-6(11)3-5(9(13,14)15)7(10)8(4)12/h3H,2H2,1H3. The summed E-state index contributed by atoms with van der Waals surface area (Å²) < 4.78 is 37.3. The van der Waals surface area contributed by atoms with Crippen molar-refractivity contribution in [2.24, 2.45) is 0 Å². The summed E-state index contributed by atoms with van der Waals surface area (Å²) in [5, 5.41) is 0.0651. The van der Waals surface area contributed by atoms with Gasteiger partial charge < -0.3 is 0 Å². The molecular weight excluding hydrogens is 316 g/mol. The maximum absolute atomic E-state index is 12.5. The zero-order valence-electron chi connectivity index (χ0n) is 7.55. The fourth-order valence-electron chi connectivity index (χ4n) is 1.16. The van der Waals surface area contributed by atoms with Gasteiger partial charge in [0.1, 0.15) is 0 Å². The highest BCUT2D eigenvalue weighted by Gasteiger charge is 2.35. The van der Waals surface area contributed by atoms with Gasteiger partial charge in [-0.25, -0.2) is 0 Å². The zero-order chi connectivity index (χ0) is 11.8. The van der Waals surface area contributed by atoms with Gasteiger partial charge in [-0.1, -0.05) is 30.1 Å². The molecular formula is C9H6BrCl2F3. The molecule has 0 heterocycles. The molecule has 15 heavy (non-hydrogen) atoms. The van der Waals surface area contributed by atoms with Crippen molar-refractivity contribution in [1.82, 2.24) is 0 Å². The second-order valence-corrected chi connectivity index (χ2v) is 4.44. The third-order valence-electron chi connectivity index (χ3n) is 1.91. The first-order valence-corrected chi connectivity index (χ1v) is 5.57. The predicted molar refractivity (Wildman–Crippen MR) is 58.5 cm³/mol. The van der Waals surface area contributed by atoms with E-state index in [2.05, 4.69) is 15.9 Å². The summed E-state index contributed by atoms with van der Waals surface area (Å²) in [7, 11) is 0. The van der Waals surface area contributed by atoms with Crippen LogP contribution in [0.1, 0.15) is 18.1 Å². The molecule has 84 valence electrons. The van der Waals surface area contributed by atoms with Crippen LogP contribution in [-0.4, -0.2) is 0 Å². The van der Waals surface area contributed by atoms with E-state index in [0.29, 0.717) is 12.0 Å². The molecule has 0 amide bonds. The van der Waals surface area contributed by atoms with Gasteiger partial charge in [-0.3, -0.25) is 0 Å². The van der Waals surface area contributed by atoms with Crippen LogP contribution in [0.25, 0.3) is 0 Å². The van der Waals surface area contributed by atoms with Crippen molar-refractivity contribution in [2.75, 3.05) is 0 Å². The Morgan fingerprint density at radius 3 is 2.27 bits per heavy atom. The number of rotatable bonds is 1. The van der Waals surface area contributed by atoms with Crippen molar-refractivity contribution >= 4 is 39.1 Å². The van der Waals surface area contributed by atoms with Crippen LogP contribution >= 0.6 is 39.1 Å². The second-order valence-electron chi connectivity index (χ2n) is 2.86. The molecule has 1 rings (SSSR count). The smallest absolute Gasteiger partial charge is 0.166 e. The SMILES string of the molecule is CCc1c(Cl)cc(C(F)(F)F)c(Br)c1Cl. The van der Waals surface area contributed by atoms with E-state index in [1.54, 1.807) is 6.92 Å². The fourth-order valence-corrected chi connectivity index (χ4v) is 2.46. The lowest BCUT2D eigenvalue weighted by atomic mass is 10.1. The average molecular weight is 322 g/mol. The monoisotopic (exact) mass is 320 g/mol. The van der Waals surface area contributed by atoms with E-state index in [9.17, 15) is 13.2 Å². The normalized spacial score (nSPS) is 11.9. The minimum atomic E-state index is -4.46. The van der Waals surface area contributed by atoms with E-state index in [4.69, 9.17) is 23.2 Å². The number of halogens is 6. The van der Waals surface area contributed by atoms with Crippen LogP contribution in [0.15, 0.2) is 10.5 Å². The van der Waals surface area contributed by atoms with E-state index in [1.807, 2.05) is 0 Å². The van der Waals surface area contributed by atoms with Gasteiger partial charge in [-0.2, -0.15) is 13.2 Å². The molecule has 0 nitrogen and oxygen atoms in total. The molecule has 0 atom stereocenters. The Balaban J connectivity index is 3.48. The van der Waals surface area contributed by atoms with Crippen molar-refractivity contribution in [3.05, 3.63) is 31.7 Å². The quantitative estimate of drug-likeness (QED) is 0.613. The van der Waals surface area contributed by atoms with Gasteiger partial charge >= 0.3 is 6.18 Å². The molecule has 1 aromatic rings. The second kappa shape index (κ2) is 4.52. The lowest BCUT2D eigenvalue weighted by Crippen LogP contribution is -2.07. The van der Waals surface area contributed by atoms with Crippen LogP contribution in [0.2, 0.25) is 10.0 Å². The summed E-state index contributed by atoms with van der Waals surface area (Å²) in [6.45, 7) is 1.77. The number of hydrogen-bond donors (Lipinski definition) is 0.